The molecule has 1 aromatic carbocycles. The fraction of sp³-hybridized carbons (Fsp3) is 0.562. The minimum absolute atomic E-state index is 0. The van der Waals surface area contributed by atoms with Gasteiger partial charge in [0.1, 0.15) is 0 Å². The molecule has 1 aromatic rings. The molecule has 0 aliphatic heterocycles. The van der Waals surface area contributed by atoms with Crippen molar-refractivity contribution in [2.24, 2.45) is 10.1 Å². The number of halogens is 1. The van der Waals surface area contributed by atoms with E-state index < -0.39 is 10.0 Å². The van der Waals surface area contributed by atoms with E-state index in [1.165, 1.54) is 19.3 Å². The minimum atomic E-state index is -3.62. The summed E-state index contributed by atoms with van der Waals surface area (Å²) in [6, 6.07) is 7.15. The maximum atomic E-state index is 11.2. The summed E-state index contributed by atoms with van der Waals surface area (Å²) in [4.78, 5) is 4.41. The van der Waals surface area contributed by atoms with Gasteiger partial charge in [-0.05, 0) is 49.6 Å². The molecular formula is C16H27IN4O2S2. The molecule has 6 nitrogen and oxygen atoms in total. The number of hydrogen-bond donors (Lipinski definition) is 3. The maximum Gasteiger partial charge on any atom is 0.238 e. The lowest BCUT2D eigenvalue weighted by molar-refractivity contribution is 0.598. The van der Waals surface area contributed by atoms with Gasteiger partial charge in [-0.25, -0.2) is 13.6 Å². The zero-order valence-corrected chi connectivity index (χ0v) is 18.5. The SMILES string of the molecule is CN=C(NCCc1ccc(S(N)(=O)=O)cc1)NC1CCC(SC)C1.I. The molecule has 9 heteroatoms. The molecule has 2 rings (SSSR count). The molecule has 0 bridgehead atoms. The first-order valence-electron chi connectivity index (χ1n) is 8.04. The van der Waals surface area contributed by atoms with E-state index >= 15 is 0 Å². The highest BCUT2D eigenvalue weighted by Crippen LogP contribution is 2.27. The monoisotopic (exact) mass is 498 g/mol. The van der Waals surface area contributed by atoms with Gasteiger partial charge >= 0.3 is 0 Å². The summed E-state index contributed by atoms with van der Waals surface area (Å²) in [6.45, 7) is 0.729. The molecule has 1 aliphatic rings. The van der Waals surface area contributed by atoms with E-state index in [1.54, 1.807) is 31.3 Å². The predicted molar refractivity (Wildman–Crippen MR) is 116 cm³/mol. The Balaban J connectivity index is 0.00000312. The molecule has 0 heterocycles. The van der Waals surface area contributed by atoms with Gasteiger partial charge in [0.05, 0.1) is 4.90 Å². The topological polar surface area (TPSA) is 96.6 Å². The summed E-state index contributed by atoms with van der Waals surface area (Å²) in [5, 5.41) is 12.6. The van der Waals surface area contributed by atoms with Gasteiger partial charge in [0.2, 0.25) is 10.0 Å². The van der Waals surface area contributed by atoms with E-state index in [0.717, 1.165) is 29.7 Å². The summed E-state index contributed by atoms with van der Waals surface area (Å²) in [5.74, 6) is 0.822. The van der Waals surface area contributed by atoms with E-state index in [1.807, 2.05) is 11.8 Å². The second-order valence-electron chi connectivity index (χ2n) is 5.95. The maximum absolute atomic E-state index is 11.2. The molecule has 0 spiro atoms. The quantitative estimate of drug-likeness (QED) is 0.317. The molecule has 2 unspecified atom stereocenters. The molecule has 0 aromatic heterocycles. The van der Waals surface area contributed by atoms with E-state index in [4.69, 9.17) is 5.14 Å². The number of thioether (sulfide) groups is 1. The Bertz CT molecular complexity index is 665. The molecule has 25 heavy (non-hydrogen) atoms. The van der Waals surface area contributed by atoms with Crippen molar-refractivity contribution in [2.75, 3.05) is 19.8 Å². The van der Waals surface area contributed by atoms with E-state index in [-0.39, 0.29) is 28.9 Å². The number of benzene rings is 1. The standard InChI is InChI=1S/C16H26N4O2S2.HI/c1-18-16(20-13-5-6-14(11-13)23-2)19-10-9-12-3-7-15(8-4-12)24(17,21)22;/h3-4,7-8,13-14H,5-6,9-11H2,1-2H3,(H2,17,21,22)(H2,18,19,20);1H. The lowest BCUT2D eigenvalue weighted by Gasteiger charge is -2.17. The van der Waals surface area contributed by atoms with Crippen LogP contribution in [0.25, 0.3) is 0 Å². The average Bonchev–Trinajstić information content (AvgIpc) is 3.01. The summed E-state index contributed by atoms with van der Waals surface area (Å²) < 4.78 is 22.5. The van der Waals surface area contributed by atoms with E-state index in [9.17, 15) is 8.42 Å². The Morgan fingerprint density at radius 2 is 2.00 bits per heavy atom. The summed E-state index contributed by atoms with van der Waals surface area (Å²) in [7, 11) is -1.85. The number of hydrogen-bond acceptors (Lipinski definition) is 4. The van der Waals surface area contributed by atoms with Crippen LogP contribution in [-0.4, -0.2) is 45.5 Å². The number of sulfonamides is 1. The fourth-order valence-electron chi connectivity index (χ4n) is 2.84. The zero-order valence-electron chi connectivity index (χ0n) is 14.6. The van der Waals surface area contributed by atoms with Crippen LogP contribution in [0.15, 0.2) is 34.2 Å². The van der Waals surface area contributed by atoms with Gasteiger partial charge in [-0.3, -0.25) is 4.99 Å². The third-order valence-electron chi connectivity index (χ3n) is 4.24. The second-order valence-corrected chi connectivity index (χ2v) is 8.65. The number of nitrogens with one attached hydrogen (secondary N) is 2. The Morgan fingerprint density at radius 1 is 1.32 bits per heavy atom. The number of primary sulfonamides is 1. The van der Waals surface area contributed by atoms with E-state index in [0.29, 0.717) is 6.04 Å². The Hall–Kier alpha value is -0.520. The van der Waals surface area contributed by atoms with Crippen LogP contribution in [0.1, 0.15) is 24.8 Å². The molecule has 142 valence electrons. The van der Waals surface area contributed by atoms with Gasteiger partial charge in [-0.15, -0.1) is 24.0 Å². The lowest BCUT2D eigenvalue weighted by atomic mass is 10.1. The molecular weight excluding hydrogens is 471 g/mol. The number of rotatable bonds is 6. The lowest BCUT2D eigenvalue weighted by Crippen LogP contribution is -2.43. The molecule has 1 fully saturated rings. The highest BCUT2D eigenvalue weighted by Gasteiger charge is 2.24. The third-order valence-corrected chi connectivity index (χ3v) is 6.26. The first-order chi connectivity index (χ1) is 11.4. The van der Waals surface area contributed by atoms with Crippen LogP contribution in [0, 0.1) is 0 Å². The minimum Gasteiger partial charge on any atom is -0.356 e. The van der Waals surface area contributed by atoms with Gasteiger partial charge in [0.15, 0.2) is 5.96 Å². The fourth-order valence-corrected chi connectivity index (χ4v) is 4.16. The summed E-state index contributed by atoms with van der Waals surface area (Å²) >= 11 is 1.94. The summed E-state index contributed by atoms with van der Waals surface area (Å²) in [6.07, 6.45) is 6.56. The zero-order chi connectivity index (χ0) is 17.6. The molecule has 1 saturated carbocycles. The van der Waals surface area contributed by atoms with Crippen LogP contribution in [0.2, 0.25) is 0 Å². The molecule has 1 aliphatic carbocycles. The van der Waals surface area contributed by atoms with Crippen molar-refractivity contribution in [2.45, 2.75) is 41.9 Å². The Morgan fingerprint density at radius 3 is 2.52 bits per heavy atom. The number of guanidine groups is 1. The van der Waals surface area contributed by atoms with Crippen LogP contribution in [-0.2, 0) is 16.4 Å². The first-order valence-corrected chi connectivity index (χ1v) is 10.9. The number of nitrogens with zero attached hydrogens (tertiary/aromatic N) is 1. The number of aliphatic imine (C=N–C) groups is 1. The van der Waals surface area contributed by atoms with Crippen molar-refractivity contribution in [1.82, 2.24) is 10.6 Å². The predicted octanol–water partition coefficient (Wildman–Crippen LogP) is 1.94. The van der Waals surface area contributed by atoms with Crippen molar-refractivity contribution in [1.29, 1.82) is 0 Å². The molecule has 4 N–H and O–H groups in total. The van der Waals surface area contributed by atoms with Gasteiger partial charge in [0, 0.05) is 24.9 Å². The van der Waals surface area contributed by atoms with Crippen molar-refractivity contribution in [3.05, 3.63) is 29.8 Å². The molecule has 0 amide bonds. The largest absolute Gasteiger partial charge is 0.356 e. The van der Waals surface area contributed by atoms with Crippen LogP contribution < -0.4 is 15.8 Å². The summed E-state index contributed by atoms with van der Waals surface area (Å²) in [5.41, 5.74) is 1.05. The molecule has 2 atom stereocenters. The number of nitrogens with two attached hydrogens (primary N) is 1. The van der Waals surface area contributed by atoms with Crippen LogP contribution in [0.4, 0.5) is 0 Å². The Kier molecular flexibility index (Phi) is 9.54. The van der Waals surface area contributed by atoms with Gasteiger partial charge in [-0.2, -0.15) is 11.8 Å². The normalized spacial score (nSPS) is 20.8. The van der Waals surface area contributed by atoms with E-state index in [2.05, 4.69) is 21.9 Å². The third kappa shape index (κ3) is 7.32. The molecule has 0 saturated heterocycles. The second kappa shape index (κ2) is 10.6. The van der Waals surface area contributed by atoms with Gasteiger partial charge in [-0.1, -0.05) is 12.1 Å². The molecule has 0 radical (unpaired) electrons. The van der Waals surface area contributed by atoms with Crippen LogP contribution in [0.5, 0.6) is 0 Å². The van der Waals surface area contributed by atoms with Crippen molar-refractivity contribution < 1.29 is 8.42 Å². The van der Waals surface area contributed by atoms with Crippen molar-refractivity contribution in [3.8, 4) is 0 Å². The first kappa shape index (κ1) is 22.5. The average molecular weight is 498 g/mol. The van der Waals surface area contributed by atoms with Crippen molar-refractivity contribution >= 4 is 51.7 Å². The smallest absolute Gasteiger partial charge is 0.238 e. The van der Waals surface area contributed by atoms with Gasteiger partial charge < -0.3 is 10.6 Å². The van der Waals surface area contributed by atoms with Crippen LogP contribution >= 0.6 is 35.7 Å². The van der Waals surface area contributed by atoms with Crippen molar-refractivity contribution in [3.63, 3.8) is 0 Å². The highest BCUT2D eigenvalue weighted by molar-refractivity contribution is 14.0. The van der Waals surface area contributed by atoms with Crippen LogP contribution in [0.3, 0.4) is 0 Å². The Labute approximate surface area is 171 Å². The van der Waals surface area contributed by atoms with Gasteiger partial charge in [0.25, 0.3) is 0 Å². The highest BCUT2D eigenvalue weighted by atomic mass is 127.